The molecule has 0 saturated carbocycles. The van der Waals surface area contributed by atoms with Gasteiger partial charge in [0.25, 0.3) is 0 Å². The summed E-state index contributed by atoms with van der Waals surface area (Å²) in [5, 5.41) is 0. The Morgan fingerprint density at radius 2 is 0.647 bits per heavy atom. The van der Waals surface area contributed by atoms with Crippen LogP contribution in [0.15, 0.2) is 134 Å². The van der Waals surface area contributed by atoms with E-state index in [4.69, 9.17) is 14.2 Å². The van der Waals surface area contributed by atoms with Crippen molar-refractivity contribution in [3.8, 4) is 0 Å². The van der Waals surface area contributed by atoms with Gasteiger partial charge in [0.05, 0.1) is 0 Å². The fourth-order valence-corrected chi connectivity index (χ4v) is 6.92. The Kier molecular flexibility index (Phi) is 51.5. The third-order valence-corrected chi connectivity index (χ3v) is 11.0. The van der Waals surface area contributed by atoms with Gasteiger partial charge in [0.2, 0.25) is 0 Å². The van der Waals surface area contributed by atoms with Crippen molar-refractivity contribution in [2.75, 3.05) is 13.2 Å². The molecular weight excluding hydrogens is 841 g/mol. The van der Waals surface area contributed by atoms with Gasteiger partial charge >= 0.3 is 17.9 Å². The van der Waals surface area contributed by atoms with E-state index in [0.717, 1.165) is 109 Å². The third-order valence-electron chi connectivity index (χ3n) is 11.0. The molecule has 0 bridgehead atoms. The van der Waals surface area contributed by atoms with Crippen LogP contribution >= 0.6 is 0 Å². The summed E-state index contributed by atoms with van der Waals surface area (Å²) in [6.45, 7) is 6.35. The Balaban J connectivity index is 4.57. The molecular formula is C62H98O6. The number of allylic oxidation sites excluding steroid dienone is 22. The zero-order valence-electron chi connectivity index (χ0n) is 43.6. The molecule has 0 spiro atoms. The first-order valence-corrected chi connectivity index (χ1v) is 27.3. The number of hydrogen-bond acceptors (Lipinski definition) is 6. The van der Waals surface area contributed by atoms with Crippen LogP contribution in [-0.4, -0.2) is 37.2 Å². The average Bonchev–Trinajstić information content (AvgIpc) is 3.34. The molecule has 1 unspecified atom stereocenters. The smallest absolute Gasteiger partial charge is 0.306 e. The number of hydrogen-bond donors (Lipinski definition) is 0. The third kappa shape index (κ3) is 52.5. The zero-order chi connectivity index (χ0) is 49.3. The first kappa shape index (κ1) is 63.5. The average molecular weight is 939 g/mol. The Bertz CT molecular complexity index is 1500. The second-order valence-electron chi connectivity index (χ2n) is 17.5. The highest BCUT2D eigenvalue weighted by Crippen LogP contribution is 2.13. The summed E-state index contributed by atoms with van der Waals surface area (Å²) in [5.74, 6) is -1.02. The van der Waals surface area contributed by atoms with Gasteiger partial charge in [0.15, 0.2) is 6.10 Å². The summed E-state index contributed by atoms with van der Waals surface area (Å²) < 4.78 is 16.8. The van der Waals surface area contributed by atoms with E-state index in [2.05, 4.69) is 154 Å². The summed E-state index contributed by atoms with van der Waals surface area (Å²) in [5.41, 5.74) is 0. The van der Waals surface area contributed by atoms with Gasteiger partial charge in [-0.3, -0.25) is 14.4 Å². The van der Waals surface area contributed by atoms with Crippen LogP contribution in [0, 0.1) is 0 Å². The minimum atomic E-state index is -0.827. The molecule has 6 heteroatoms. The summed E-state index contributed by atoms with van der Waals surface area (Å²) in [6.07, 6.45) is 77.2. The van der Waals surface area contributed by atoms with E-state index in [-0.39, 0.29) is 37.5 Å². The second-order valence-corrected chi connectivity index (χ2v) is 17.5. The van der Waals surface area contributed by atoms with E-state index in [0.29, 0.717) is 19.3 Å². The van der Waals surface area contributed by atoms with Crippen LogP contribution in [0.25, 0.3) is 0 Å². The maximum atomic E-state index is 12.8. The quantitative estimate of drug-likeness (QED) is 0.0199. The number of carbonyl (C=O) groups excluding carboxylic acids is 3. The van der Waals surface area contributed by atoms with Crippen LogP contribution in [0.4, 0.5) is 0 Å². The van der Waals surface area contributed by atoms with Crippen LogP contribution in [0.2, 0.25) is 0 Å². The molecule has 0 aromatic heterocycles. The number of unbranched alkanes of at least 4 members (excludes halogenated alkanes) is 19. The standard InChI is InChI=1S/C62H98O6/c1-4-7-10-13-16-19-22-25-28-30-32-34-37-40-43-46-49-52-55-61(64)67-58-59(57-66-60(63)54-51-48-45-42-39-36-33-27-24-21-18-15-12-9-6-3)68-62(65)56-53-50-47-44-41-38-35-31-29-26-23-20-17-14-11-8-5-2/h9,12,15-22,24-26,28-30,32,34-35,38,44,47,59H,4-8,10-11,13-14,23,27,31,33,36-37,39-43,45-46,48-58H2,1-3H3/b12-9-,18-15-,19-16-,20-17-,24-21-,25-22-,29-26-,30-28-,34-32-,38-35-,47-44-. The van der Waals surface area contributed by atoms with Gasteiger partial charge in [-0.1, -0.05) is 231 Å². The van der Waals surface area contributed by atoms with E-state index in [1.165, 1.54) is 64.2 Å². The van der Waals surface area contributed by atoms with E-state index in [1.54, 1.807) is 0 Å². The lowest BCUT2D eigenvalue weighted by Crippen LogP contribution is -2.30. The molecule has 0 aromatic rings. The molecule has 382 valence electrons. The first-order chi connectivity index (χ1) is 33.5. The number of rotatable bonds is 47. The van der Waals surface area contributed by atoms with E-state index in [1.807, 2.05) is 0 Å². The van der Waals surface area contributed by atoms with Crippen LogP contribution < -0.4 is 0 Å². The van der Waals surface area contributed by atoms with E-state index < -0.39 is 6.10 Å². The maximum absolute atomic E-state index is 12.8. The number of esters is 3. The Hall–Kier alpha value is -4.45. The lowest BCUT2D eigenvalue weighted by Gasteiger charge is -2.18. The van der Waals surface area contributed by atoms with Crippen molar-refractivity contribution < 1.29 is 28.6 Å². The van der Waals surface area contributed by atoms with E-state index in [9.17, 15) is 14.4 Å². The van der Waals surface area contributed by atoms with Crippen molar-refractivity contribution in [1.82, 2.24) is 0 Å². The molecule has 6 nitrogen and oxygen atoms in total. The molecule has 0 aliphatic rings. The predicted molar refractivity (Wildman–Crippen MR) is 292 cm³/mol. The molecule has 0 rings (SSSR count). The molecule has 0 saturated heterocycles. The van der Waals surface area contributed by atoms with Gasteiger partial charge in [-0.25, -0.2) is 0 Å². The van der Waals surface area contributed by atoms with Crippen molar-refractivity contribution in [2.24, 2.45) is 0 Å². The highest BCUT2D eigenvalue weighted by atomic mass is 16.6. The van der Waals surface area contributed by atoms with Gasteiger partial charge in [0.1, 0.15) is 13.2 Å². The van der Waals surface area contributed by atoms with Crippen LogP contribution in [0.3, 0.4) is 0 Å². The van der Waals surface area contributed by atoms with Crippen molar-refractivity contribution >= 4 is 17.9 Å². The second kappa shape index (κ2) is 55.1. The number of ether oxygens (including phenoxy) is 3. The van der Waals surface area contributed by atoms with Gasteiger partial charge in [-0.05, 0) is 103 Å². The van der Waals surface area contributed by atoms with Crippen LogP contribution in [-0.2, 0) is 28.6 Å². The molecule has 68 heavy (non-hydrogen) atoms. The van der Waals surface area contributed by atoms with Gasteiger partial charge in [-0.2, -0.15) is 0 Å². The fraction of sp³-hybridized carbons (Fsp3) is 0.597. The molecule has 0 amide bonds. The predicted octanol–water partition coefficient (Wildman–Crippen LogP) is 18.3. The first-order valence-electron chi connectivity index (χ1n) is 27.3. The highest BCUT2D eigenvalue weighted by molar-refractivity contribution is 5.71. The lowest BCUT2D eigenvalue weighted by atomic mass is 10.1. The topological polar surface area (TPSA) is 78.9 Å². The monoisotopic (exact) mass is 939 g/mol. The van der Waals surface area contributed by atoms with Crippen molar-refractivity contribution in [3.63, 3.8) is 0 Å². The summed E-state index contributed by atoms with van der Waals surface area (Å²) >= 11 is 0. The lowest BCUT2D eigenvalue weighted by molar-refractivity contribution is -0.167. The molecule has 0 aliphatic heterocycles. The minimum Gasteiger partial charge on any atom is -0.462 e. The fourth-order valence-electron chi connectivity index (χ4n) is 6.92. The molecule has 0 N–H and O–H groups in total. The Morgan fingerprint density at radius 1 is 0.324 bits per heavy atom. The maximum Gasteiger partial charge on any atom is 0.306 e. The molecule has 0 aromatic carbocycles. The molecule has 0 heterocycles. The van der Waals surface area contributed by atoms with Gasteiger partial charge in [0, 0.05) is 19.3 Å². The highest BCUT2D eigenvalue weighted by Gasteiger charge is 2.19. The molecule has 0 fully saturated rings. The largest absolute Gasteiger partial charge is 0.462 e. The van der Waals surface area contributed by atoms with E-state index >= 15 is 0 Å². The summed E-state index contributed by atoms with van der Waals surface area (Å²) in [4.78, 5) is 38.1. The number of carbonyl (C=O) groups is 3. The van der Waals surface area contributed by atoms with Gasteiger partial charge in [-0.15, -0.1) is 0 Å². The zero-order valence-corrected chi connectivity index (χ0v) is 43.6. The van der Waals surface area contributed by atoms with Crippen LogP contribution in [0.5, 0.6) is 0 Å². The Morgan fingerprint density at radius 3 is 1.07 bits per heavy atom. The Labute approximate surface area is 417 Å². The van der Waals surface area contributed by atoms with Crippen LogP contribution in [0.1, 0.15) is 220 Å². The van der Waals surface area contributed by atoms with Gasteiger partial charge < -0.3 is 14.2 Å². The molecule has 0 aliphatic carbocycles. The summed E-state index contributed by atoms with van der Waals surface area (Å²) in [6, 6.07) is 0. The minimum absolute atomic E-state index is 0.119. The van der Waals surface area contributed by atoms with Crippen molar-refractivity contribution in [1.29, 1.82) is 0 Å². The van der Waals surface area contributed by atoms with Crippen molar-refractivity contribution in [2.45, 2.75) is 226 Å². The molecule has 1 atom stereocenters. The SMILES string of the molecule is CC\C=C/C=C\C=C/CCCCCCCCCC(=O)OCC(COC(=O)CCCCCCC\C=C/C=C\C=C/C=C\CCCCC)OC(=O)CCC/C=C\C/C=C\C/C=C\C/C=C\CCCCC. The summed E-state index contributed by atoms with van der Waals surface area (Å²) in [7, 11) is 0. The van der Waals surface area contributed by atoms with Crippen molar-refractivity contribution in [3.05, 3.63) is 134 Å². The normalized spacial score (nSPS) is 13.2. The molecule has 0 radical (unpaired) electrons.